The van der Waals surface area contributed by atoms with Crippen molar-refractivity contribution in [3.63, 3.8) is 0 Å². The van der Waals surface area contributed by atoms with E-state index in [1.807, 2.05) is 0 Å². The van der Waals surface area contributed by atoms with Gasteiger partial charge in [0, 0.05) is 6.20 Å². The molecule has 78 valence electrons. The first kappa shape index (κ1) is 11.5. The summed E-state index contributed by atoms with van der Waals surface area (Å²) in [5, 5.41) is 4.75. The van der Waals surface area contributed by atoms with Gasteiger partial charge in [0.15, 0.2) is 0 Å². The van der Waals surface area contributed by atoms with E-state index in [-0.39, 0.29) is 4.60 Å². The molecule has 8 heteroatoms. The fourth-order valence-electron chi connectivity index (χ4n) is 0.834. The van der Waals surface area contributed by atoms with Crippen LogP contribution in [0.3, 0.4) is 0 Å². The van der Waals surface area contributed by atoms with Crippen LogP contribution in [0, 0.1) is 0 Å². The number of aromatic nitrogens is 1. The molecule has 14 heavy (non-hydrogen) atoms. The number of hydrogen-bond acceptors (Lipinski definition) is 3. The zero-order valence-electron chi connectivity index (χ0n) is 6.62. The van der Waals surface area contributed by atoms with Crippen molar-refractivity contribution in [3.05, 3.63) is 22.4 Å². The number of primary sulfonamides is 1. The smallest absolute Gasteiger partial charge is 0.249 e. The monoisotopic (exact) mass is 286 g/mol. The van der Waals surface area contributed by atoms with Gasteiger partial charge in [-0.3, -0.25) is 0 Å². The summed E-state index contributed by atoms with van der Waals surface area (Å²) in [5.41, 5.74) is -0.698. The topological polar surface area (TPSA) is 73.1 Å². The highest BCUT2D eigenvalue weighted by atomic mass is 79.9. The van der Waals surface area contributed by atoms with E-state index in [1.165, 1.54) is 0 Å². The van der Waals surface area contributed by atoms with Crippen LogP contribution in [-0.2, 0) is 10.0 Å². The molecule has 0 aliphatic rings. The summed E-state index contributed by atoms with van der Waals surface area (Å²) < 4.78 is 46.6. The van der Waals surface area contributed by atoms with Crippen molar-refractivity contribution < 1.29 is 17.2 Å². The van der Waals surface area contributed by atoms with E-state index in [2.05, 4.69) is 20.9 Å². The maximum atomic E-state index is 12.3. The summed E-state index contributed by atoms with van der Waals surface area (Å²) >= 11 is 2.86. The molecule has 0 aromatic carbocycles. The van der Waals surface area contributed by atoms with Gasteiger partial charge in [0.05, 0.1) is 10.5 Å². The van der Waals surface area contributed by atoms with E-state index >= 15 is 0 Å². The molecule has 2 N–H and O–H groups in total. The van der Waals surface area contributed by atoms with Gasteiger partial charge in [-0.15, -0.1) is 0 Å². The lowest BCUT2D eigenvalue weighted by Gasteiger charge is -2.05. The molecule has 1 aromatic heterocycles. The second-order valence-electron chi connectivity index (χ2n) is 2.39. The number of sulfonamides is 1. The minimum Gasteiger partial charge on any atom is -0.249 e. The largest absolute Gasteiger partial charge is 0.266 e. The van der Waals surface area contributed by atoms with Gasteiger partial charge < -0.3 is 0 Å². The number of alkyl halides is 2. The Morgan fingerprint density at radius 3 is 2.50 bits per heavy atom. The Balaban J connectivity index is 3.46. The van der Waals surface area contributed by atoms with Crippen LogP contribution in [0.4, 0.5) is 8.78 Å². The van der Waals surface area contributed by atoms with Gasteiger partial charge in [0.2, 0.25) is 10.0 Å². The minimum absolute atomic E-state index is 0.130. The van der Waals surface area contributed by atoms with Crippen molar-refractivity contribution in [2.24, 2.45) is 5.14 Å². The predicted octanol–water partition coefficient (Wildman–Crippen LogP) is 1.43. The highest BCUT2D eigenvalue weighted by Crippen LogP contribution is 2.26. The van der Waals surface area contributed by atoms with Gasteiger partial charge in [-0.25, -0.2) is 27.3 Å². The van der Waals surface area contributed by atoms with Crippen molar-refractivity contribution in [3.8, 4) is 0 Å². The van der Waals surface area contributed by atoms with Gasteiger partial charge in [-0.05, 0) is 22.0 Å². The average molecular weight is 287 g/mol. The molecule has 0 spiro atoms. The van der Waals surface area contributed by atoms with E-state index in [9.17, 15) is 17.2 Å². The highest BCUT2D eigenvalue weighted by Gasteiger charge is 2.21. The van der Waals surface area contributed by atoms with Gasteiger partial charge in [0.1, 0.15) is 4.60 Å². The minimum atomic E-state index is -4.15. The maximum Gasteiger partial charge on any atom is 0.266 e. The summed E-state index contributed by atoms with van der Waals surface area (Å²) in [5.74, 6) is 0. The lowest BCUT2D eigenvalue weighted by molar-refractivity contribution is 0.147. The van der Waals surface area contributed by atoms with E-state index in [1.54, 1.807) is 0 Å². The van der Waals surface area contributed by atoms with Gasteiger partial charge in [-0.2, -0.15) is 0 Å². The zero-order valence-corrected chi connectivity index (χ0v) is 9.02. The summed E-state index contributed by atoms with van der Waals surface area (Å²) in [7, 11) is -4.15. The number of pyridine rings is 1. The lowest BCUT2D eigenvalue weighted by Crippen LogP contribution is -2.15. The lowest BCUT2D eigenvalue weighted by atomic mass is 10.3. The molecule has 0 saturated heterocycles. The van der Waals surface area contributed by atoms with E-state index in [4.69, 9.17) is 5.14 Å². The van der Waals surface area contributed by atoms with Crippen LogP contribution >= 0.6 is 15.9 Å². The quantitative estimate of drug-likeness (QED) is 0.836. The van der Waals surface area contributed by atoms with Crippen LogP contribution in [0.2, 0.25) is 0 Å². The molecule has 0 aliphatic heterocycles. The molecule has 1 aromatic rings. The summed E-state index contributed by atoms with van der Waals surface area (Å²) in [6, 6.07) is 0.941. The Bertz CT molecular complexity index is 449. The van der Waals surface area contributed by atoms with Crippen LogP contribution in [0.5, 0.6) is 0 Å². The molecule has 0 radical (unpaired) electrons. The van der Waals surface area contributed by atoms with Crippen LogP contribution in [0.1, 0.15) is 12.0 Å². The highest BCUT2D eigenvalue weighted by molar-refractivity contribution is 9.10. The third-order valence-corrected chi connectivity index (χ3v) is 2.80. The summed E-state index contributed by atoms with van der Waals surface area (Å²) in [4.78, 5) is 2.87. The zero-order chi connectivity index (χ0) is 10.9. The SMILES string of the molecule is NS(=O)(=O)c1cc(Br)ncc1C(F)F. The van der Waals surface area contributed by atoms with E-state index in [0.717, 1.165) is 12.3 Å². The number of nitrogens with two attached hydrogens (primary N) is 1. The Labute approximate surface area is 87.3 Å². The molecule has 1 rings (SSSR count). The Kier molecular flexibility index (Phi) is 3.17. The molecular formula is C6H5BrF2N2O2S. The average Bonchev–Trinajstić information content (AvgIpc) is 2.01. The maximum absolute atomic E-state index is 12.3. The molecule has 0 unspecified atom stereocenters. The second-order valence-corrected chi connectivity index (χ2v) is 4.73. The third-order valence-electron chi connectivity index (χ3n) is 1.40. The van der Waals surface area contributed by atoms with Gasteiger partial charge >= 0.3 is 0 Å². The molecule has 1 heterocycles. The summed E-state index contributed by atoms with van der Waals surface area (Å²) in [6.07, 6.45) is -2.15. The van der Waals surface area contributed by atoms with Crippen molar-refractivity contribution in [2.75, 3.05) is 0 Å². The first-order valence-corrected chi connectivity index (χ1v) is 5.62. The standard InChI is InChI=1S/C6H5BrF2N2O2S/c7-5-1-4(14(10,12)13)3(2-11-5)6(8)9/h1-2,6H,(H2,10,12,13). The number of halogens is 3. The number of rotatable bonds is 2. The first-order valence-electron chi connectivity index (χ1n) is 3.29. The normalized spacial score (nSPS) is 12.1. The second kappa shape index (κ2) is 3.87. The van der Waals surface area contributed by atoms with E-state index in [0.29, 0.717) is 0 Å². The van der Waals surface area contributed by atoms with Gasteiger partial charge in [0.25, 0.3) is 6.43 Å². The fourth-order valence-corrected chi connectivity index (χ4v) is 2.06. The molecule has 4 nitrogen and oxygen atoms in total. The number of nitrogens with zero attached hydrogens (tertiary/aromatic N) is 1. The molecule has 0 fully saturated rings. The van der Waals surface area contributed by atoms with Crippen LogP contribution in [-0.4, -0.2) is 13.4 Å². The molecular weight excluding hydrogens is 282 g/mol. The molecule has 0 saturated carbocycles. The van der Waals surface area contributed by atoms with Crippen molar-refractivity contribution >= 4 is 26.0 Å². The van der Waals surface area contributed by atoms with Crippen molar-refractivity contribution in [1.82, 2.24) is 4.98 Å². The van der Waals surface area contributed by atoms with Crippen LogP contribution in [0.25, 0.3) is 0 Å². The third kappa shape index (κ3) is 2.46. The Morgan fingerprint density at radius 2 is 2.07 bits per heavy atom. The molecule has 0 amide bonds. The van der Waals surface area contributed by atoms with Gasteiger partial charge in [-0.1, -0.05) is 0 Å². The number of hydrogen-bond donors (Lipinski definition) is 1. The molecule has 0 atom stereocenters. The molecule has 0 bridgehead atoms. The predicted molar refractivity (Wildman–Crippen MR) is 48.3 cm³/mol. The summed E-state index contributed by atoms with van der Waals surface area (Å²) in [6.45, 7) is 0. The Hall–Kier alpha value is -0.600. The van der Waals surface area contributed by atoms with Crippen LogP contribution < -0.4 is 5.14 Å². The fraction of sp³-hybridized carbons (Fsp3) is 0.167. The van der Waals surface area contributed by atoms with E-state index < -0.39 is 26.9 Å². The molecule has 0 aliphatic carbocycles. The van der Waals surface area contributed by atoms with Crippen molar-refractivity contribution in [2.45, 2.75) is 11.3 Å². The first-order chi connectivity index (χ1) is 6.32. The van der Waals surface area contributed by atoms with Crippen LogP contribution in [0.15, 0.2) is 21.8 Å². The Morgan fingerprint density at radius 1 is 1.50 bits per heavy atom. The van der Waals surface area contributed by atoms with Crippen molar-refractivity contribution in [1.29, 1.82) is 0 Å².